The molecule has 0 aliphatic carbocycles. The maximum Gasteiger partial charge on any atom is 0.319 e. The van der Waals surface area contributed by atoms with Crippen LogP contribution in [0.3, 0.4) is 0 Å². The Kier molecular flexibility index (Phi) is 7.75. The van der Waals surface area contributed by atoms with Crippen molar-refractivity contribution < 1.29 is 19.1 Å². The zero-order valence-corrected chi connectivity index (χ0v) is 16.2. The van der Waals surface area contributed by atoms with Gasteiger partial charge in [-0.25, -0.2) is 4.79 Å². The number of methoxy groups -OCH3 is 1. The van der Waals surface area contributed by atoms with Gasteiger partial charge in [-0.15, -0.1) is 0 Å². The summed E-state index contributed by atoms with van der Waals surface area (Å²) in [5.41, 5.74) is 1.16. The molecule has 2 N–H and O–H groups in total. The van der Waals surface area contributed by atoms with E-state index in [1.54, 1.807) is 25.3 Å². The Hall–Kier alpha value is -2.45. The summed E-state index contributed by atoms with van der Waals surface area (Å²) in [6.07, 6.45) is 0.585. The number of fused-ring (bicyclic) bond motifs is 1. The standard InChI is InChI=1S/C19H28N4O4/c1-4-22(5-2)11-9-20-19(26)21-14-7-8-15-16(13-14)18(25)23(17(15)24)10-6-12-27-3/h7-8,13H,4-6,9-12H2,1-3H3,(H2,20,21,26). The molecule has 1 aliphatic rings. The molecule has 0 atom stereocenters. The molecule has 1 heterocycles. The summed E-state index contributed by atoms with van der Waals surface area (Å²) in [6.45, 7) is 8.11. The number of hydrogen-bond donors (Lipinski definition) is 2. The lowest BCUT2D eigenvalue weighted by atomic mass is 10.1. The van der Waals surface area contributed by atoms with Crippen molar-refractivity contribution in [3.63, 3.8) is 0 Å². The van der Waals surface area contributed by atoms with Crippen LogP contribution in [-0.2, 0) is 4.74 Å². The fraction of sp³-hybridized carbons (Fsp3) is 0.526. The monoisotopic (exact) mass is 376 g/mol. The number of ether oxygens (including phenoxy) is 1. The second-order valence-corrected chi connectivity index (χ2v) is 6.28. The maximum atomic E-state index is 12.5. The fourth-order valence-corrected chi connectivity index (χ4v) is 2.98. The summed E-state index contributed by atoms with van der Waals surface area (Å²) in [5, 5.41) is 5.51. The van der Waals surface area contributed by atoms with Crippen LogP contribution >= 0.6 is 0 Å². The number of rotatable bonds is 10. The zero-order chi connectivity index (χ0) is 19.8. The lowest BCUT2D eigenvalue weighted by Crippen LogP contribution is -2.36. The Labute approximate surface area is 159 Å². The van der Waals surface area contributed by atoms with Gasteiger partial charge in [0.1, 0.15) is 0 Å². The predicted molar refractivity (Wildman–Crippen MR) is 103 cm³/mol. The first-order chi connectivity index (χ1) is 13.0. The van der Waals surface area contributed by atoms with Gasteiger partial charge in [-0.1, -0.05) is 13.8 Å². The van der Waals surface area contributed by atoms with E-state index in [0.717, 1.165) is 19.6 Å². The van der Waals surface area contributed by atoms with Crippen molar-refractivity contribution in [2.24, 2.45) is 0 Å². The Morgan fingerprint density at radius 3 is 2.52 bits per heavy atom. The molecule has 0 saturated carbocycles. The molecule has 148 valence electrons. The summed E-state index contributed by atoms with van der Waals surface area (Å²) in [5.74, 6) is -0.641. The molecule has 8 nitrogen and oxygen atoms in total. The van der Waals surface area contributed by atoms with Crippen molar-refractivity contribution in [3.8, 4) is 0 Å². The second kappa shape index (κ2) is 10.0. The van der Waals surface area contributed by atoms with E-state index < -0.39 is 0 Å². The number of likely N-dealkylation sites (N-methyl/N-ethyl adjacent to an activating group) is 1. The van der Waals surface area contributed by atoms with E-state index in [0.29, 0.717) is 42.9 Å². The average molecular weight is 376 g/mol. The molecule has 0 saturated heterocycles. The van der Waals surface area contributed by atoms with E-state index in [2.05, 4.69) is 29.4 Å². The Morgan fingerprint density at radius 1 is 1.15 bits per heavy atom. The lowest BCUT2D eigenvalue weighted by molar-refractivity contribution is 0.0638. The van der Waals surface area contributed by atoms with Crippen molar-refractivity contribution in [1.29, 1.82) is 0 Å². The summed E-state index contributed by atoms with van der Waals surface area (Å²) in [4.78, 5) is 40.3. The molecule has 0 bridgehead atoms. The van der Waals surface area contributed by atoms with E-state index in [1.165, 1.54) is 4.90 Å². The van der Waals surface area contributed by atoms with Gasteiger partial charge >= 0.3 is 6.03 Å². The zero-order valence-electron chi connectivity index (χ0n) is 16.2. The molecule has 27 heavy (non-hydrogen) atoms. The smallest absolute Gasteiger partial charge is 0.319 e. The Bertz CT molecular complexity index is 688. The van der Waals surface area contributed by atoms with Gasteiger partial charge in [-0.3, -0.25) is 14.5 Å². The van der Waals surface area contributed by atoms with Crippen molar-refractivity contribution in [1.82, 2.24) is 15.1 Å². The number of imide groups is 1. The Morgan fingerprint density at radius 2 is 1.85 bits per heavy atom. The largest absolute Gasteiger partial charge is 0.385 e. The first-order valence-corrected chi connectivity index (χ1v) is 9.28. The van der Waals surface area contributed by atoms with E-state index in [9.17, 15) is 14.4 Å². The number of amides is 4. The number of nitrogens with one attached hydrogen (secondary N) is 2. The van der Waals surface area contributed by atoms with E-state index >= 15 is 0 Å². The first-order valence-electron chi connectivity index (χ1n) is 9.28. The van der Waals surface area contributed by atoms with Crippen LogP contribution in [0.5, 0.6) is 0 Å². The van der Waals surface area contributed by atoms with Crippen molar-refractivity contribution in [2.75, 3.05) is 51.8 Å². The number of carbonyl (C=O) groups excluding carboxylic acids is 3. The van der Waals surface area contributed by atoms with E-state index in [4.69, 9.17) is 4.74 Å². The summed E-state index contributed by atoms with van der Waals surface area (Å²) in [6, 6.07) is 4.43. The van der Waals surface area contributed by atoms with Crippen LogP contribution in [-0.4, -0.2) is 74.1 Å². The number of urea groups is 1. The third-order valence-electron chi connectivity index (χ3n) is 4.57. The number of hydrogen-bond acceptors (Lipinski definition) is 5. The van der Waals surface area contributed by atoms with Crippen LogP contribution in [0, 0.1) is 0 Å². The number of anilines is 1. The highest BCUT2D eigenvalue weighted by atomic mass is 16.5. The number of benzene rings is 1. The Balaban J connectivity index is 1.94. The van der Waals surface area contributed by atoms with Crippen LogP contribution in [0.4, 0.5) is 10.5 Å². The molecule has 0 aromatic heterocycles. The molecule has 0 spiro atoms. The molecular formula is C19H28N4O4. The van der Waals surface area contributed by atoms with Crippen LogP contribution < -0.4 is 10.6 Å². The SMILES string of the molecule is CCN(CC)CCNC(=O)Nc1ccc2c(c1)C(=O)N(CCCOC)C2=O. The third kappa shape index (κ3) is 5.27. The predicted octanol–water partition coefficient (Wildman–Crippen LogP) is 1.78. The van der Waals surface area contributed by atoms with Crippen molar-refractivity contribution in [3.05, 3.63) is 29.3 Å². The van der Waals surface area contributed by atoms with Gasteiger partial charge < -0.3 is 20.3 Å². The minimum absolute atomic E-state index is 0.304. The molecule has 2 rings (SSSR count). The van der Waals surface area contributed by atoms with E-state index in [1.807, 2.05) is 0 Å². The van der Waals surface area contributed by atoms with Gasteiger partial charge in [-0.05, 0) is 37.7 Å². The third-order valence-corrected chi connectivity index (χ3v) is 4.57. The summed E-state index contributed by atoms with van der Waals surface area (Å²) in [7, 11) is 1.58. The van der Waals surface area contributed by atoms with Gasteiger partial charge in [0.25, 0.3) is 11.8 Å². The molecule has 4 amide bonds. The molecular weight excluding hydrogens is 348 g/mol. The fourth-order valence-electron chi connectivity index (χ4n) is 2.98. The minimum atomic E-state index is -0.337. The molecule has 1 aliphatic heterocycles. The minimum Gasteiger partial charge on any atom is -0.385 e. The van der Waals surface area contributed by atoms with Crippen molar-refractivity contribution >= 4 is 23.5 Å². The lowest BCUT2D eigenvalue weighted by Gasteiger charge is -2.18. The van der Waals surface area contributed by atoms with Crippen LogP contribution in [0.1, 0.15) is 41.0 Å². The molecule has 1 aromatic rings. The first kappa shape index (κ1) is 20.9. The highest BCUT2D eigenvalue weighted by molar-refractivity contribution is 6.21. The van der Waals surface area contributed by atoms with Gasteiger partial charge in [0.05, 0.1) is 11.1 Å². The van der Waals surface area contributed by atoms with Gasteiger partial charge in [0.15, 0.2) is 0 Å². The number of nitrogens with zero attached hydrogens (tertiary/aromatic N) is 2. The van der Waals surface area contributed by atoms with E-state index in [-0.39, 0.29) is 17.8 Å². The summed E-state index contributed by atoms with van der Waals surface area (Å²) < 4.78 is 4.97. The average Bonchev–Trinajstić information content (AvgIpc) is 2.90. The molecule has 0 unspecified atom stereocenters. The molecule has 1 aromatic carbocycles. The molecule has 0 radical (unpaired) electrons. The van der Waals surface area contributed by atoms with Gasteiger partial charge in [0.2, 0.25) is 0 Å². The quantitative estimate of drug-likeness (QED) is 0.480. The van der Waals surface area contributed by atoms with Crippen LogP contribution in [0.25, 0.3) is 0 Å². The topological polar surface area (TPSA) is 91.0 Å². The van der Waals surface area contributed by atoms with Crippen LogP contribution in [0.15, 0.2) is 18.2 Å². The van der Waals surface area contributed by atoms with Gasteiger partial charge in [-0.2, -0.15) is 0 Å². The molecule has 0 fully saturated rings. The maximum absolute atomic E-state index is 12.5. The normalized spacial score (nSPS) is 13.3. The summed E-state index contributed by atoms with van der Waals surface area (Å²) >= 11 is 0. The number of carbonyl (C=O) groups is 3. The van der Waals surface area contributed by atoms with Crippen molar-refractivity contribution in [2.45, 2.75) is 20.3 Å². The highest BCUT2D eigenvalue weighted by Crippen LogP contribution is 2.26. The highest BCUT2D eigenvalue weighted by Gasteiger charge is 2.35. The van der Waals surface area contributed by atoms with Gasteiger partial charge in [0, 0.05) is 39.0 Å². The molecule has 8 heteroatoms. The second-order valence-electron chi connectivity index (χ2n) is 6.28. The van der Waals surface area contributed by atoms with Crippen LogP contribution in [0.2, 0.25) is 0 Å².